The van der Waals surface area contributed by atoms with Crippen molar-refractivity contribution in [2.24, 2.45) is 0 Å². The molecule has 0 bridgehead atoms. The molecular formula is C22H22ClN3O2. The summed E-state index contributed by atoms with van der Waals surface area (Å²) in [5.74, 6) is 1.17. The summed E-state index contributed by atoms with van der Waals surface area (Å²) in [6, 6.07) is 18.6. The lowest BCUT2D eigenvalue weighted by atomic mass is 10.2. The molecule has 0 radical (unpaired) electrons. The zero-order valence-corrected chi connectivity index (χ0v) is 16.5. The molecule has 5 nitrogen and oxygen atoms in total. The smallest absolute Gasteiger partial charge is 0.253 e. The number of aromatic nitrogens is 1. The fourth-order valence-electron chi connectivity index (χ4n) is 2.59. The highest BCUT2D eigenvalue weighted by Gasteiger charge is 2.09. The van der Waals surface area contributed by atoms with Gasteiger partial charge in [-0.25, -0.2) is 4.98 Å². The van der Waals surface area contributed by atoms with Crippen LogP contribution in [0, 0.1) is 0 Å². The summed E-state index contributed by atoms with van der Waals surface area (Å²) in [4.78, 5) is 16.7. The summed E-state index contributed by atoms with van der Waals surface area (Å²) >= 11 is 6.11. The van der Waals surface area contributed by atoms with Gasteiger partial charge in [-0.3, -0.25) is 4.79 Å². The number of carbonyl (C=O) groups excluding carboxylic acids is 1. The van der Waals surface area contributed by atoms with Gasteiger partial charge in [0.2, 0.25) is 0 Å². The van der Waals surface area contributed by atoms with Crippen molar-refractivity contribution in [1.29, 1.82) is 0 Å². The van der Waals surface area contributed by atoms with Gasteiger partial charge in [0, 0.05) is 17.8 Å². The Kier molecular flexibility index (Phi) is 6.50. The van der Waals surface area contributed by atoms with Crippen molar-refractivity contribution in [2.45, 2.75) is 26.5 Å². The molecule has 0 unspecified atom stereocenters. The summed E-state index contributed by atoms with van der Waals surface area (Å²) in [7, 11) is 0. The Balaban J connectivity index is 1.64. The number of pyridine rings is 1. The molecule has 2 aromatic carbocycles. The number of rotatable bonds is 7. The highest BCUT2D eigenvalue weighted by Crippen LogP contribution is 2.27. The van der Waals surface area contributed by atoms with Gasteiger partial charge in [-0.2, -0.15) is 0 Å². The van der Waals surface area contributed by atoms with Crippen LogP contribution in [0.25, 0.3) is 0 Å². The van der Waals surface area contributed by atoms with Crippen molar-refractivity contribution in [3.8, 4) is 5.75 Å². The van der Waals surface area contributed by atoms with Crippen LogP contribution in [-0.2, 0) is 6.54 Å². The molecule has 28 heavy (non-hydrogen) atoms. The van der Waals surface area contributed by atoms with Gasteiger partial charge < -0.3 is 15.4 Å². The number of hydrogen-bond donors (Lipinski definition) is 2. The molecule has 0 aliphatic rings. The third kappa shape index (κ3) is 5.24. The first-order chi connectivity index (χ1) is 13.5. The van der Waals surface area contributed by atoms with Crippen LogP contribution >= 0.6 is 11.6 Å². The number of ether oxygens (including phenoxy) is 1. The monoisotopic (exact) mass is 395 g/mol. The normalized spacial score (nSPS) is 10.6. The number of nitrogens with zero attached hydrogens (tertiary/aromatic N) is 1. The molecule has 0 aliphatic heterocycles. The van der Waals surface area contributed by atoms with Crippen molar-refractivity contribution < 1.29 is 9.53 Å². The number of hydrogen-bond acceptors (Lipinski definition) is 4. The minimum absolute atomic E-state index is 0.0695. The highest BCUT2D eigenvalue weighted by molar-refractivity contribution is 6.31. The molecule has 3 aromatic rings. The lowest BCUT2D eigenvalue weighted by molar-refractivity contribution is 0.0950. The number of para-hydroxylation sites is 2. The van der Waals surface area contributed by atoms with E-state index in [0.717, 1.165) is 17.0 Å². The average molecular weight is 396 g/mol. The molecule has 144 valence electrons. The van der Waals surface area contributed by atoms with E-state index < -0.39 is 0 Å². The lowest BCUT2D eigenvalue weighted by Gasteiger charge is -2.15. The fraction of sp³-hybridized carbons (Fsp3) is 0.182. The van der Waals surface area contributed by atoms with Crippen LogP contribution in [0.4, 0.5) is 11.5 Å². The second kappa shape index (κ2) is 9.24. The minimum atomic E-state index is -0.206. The number of carbonyl (C=O) groups is 1. The molecular weight excluding hydrogens is 374 g/mol. The Hall–Kier alpha value is -3.05. The van der Waals surface area contributed by atoms with Gasteiger partial charge in [-0.05, 0) is 49.7 Å². The Labute approximate surface area is 169 Å². The first kappa shape index (κ1) is 19.7. The third-order valence-electron chi connectivity index (χ3n) is 3.94. The van der Waals surface area contributed by atoms with E-state index >= 15 is 0 Å². The minimum Gasteiger partial charge on any atom is -0.489 e. The van der Waals surface area contributed by atoms with E-state index in [0.29, 0.717) is 22.9 Å². The Bertz CT molecular complexity index is 943. The molecule has 0 fully saturated rings. The quantitative estimate of drug-likeness (QED) is 0.577. The number of amides is 1. The summed E-state index contributed by atoms with van der Waals surface area (Å²) in [6.45, 7) is 4.31. The van der Waals surface area contributed by atoms with Gasteiger partial charge in [0.05, 0.1) is 17.4 Å². The summed E-state index contributed by atoms with van der Waals surface area (Å²) in [5.41, 5.74) is 2.16. The predicted molar refractivity (Wildman–Crippen MR) is 112 cm³/mol. The lowest BCUT2D eigenvalue weighted by Crippen LogP contribution is -2.23. The molecule has 0 spiro atoms. The molecule has 0 saturated heterocycles. The standard InChI is InChI=1S/C22H22ClN3O2/c1-15(2)28-20-10-6-5-9-19(20)26-21-12-11-17(14-24-21)22(27)25-13-16-7-3-4-8-18(16)23/h3-12,14-15H,13H2,1-2H3,(H,24,26)(H,25,27). The van der Waals surface area contributed by atoms with Gasteiger partial charge >= 0.3 is 0 Å². The molecule has 1 aromatic heterocycles. The Morgan fingerprint density at radius 1 is 1.07 bits per heavy atom. The average Bonchev–Trinajstić information content (AvgIpc) is 2.69. The Morgan fingerprint density at radius 2 is 1.82 bits per heavy atom. The van der Waals surface area contributed by atoms with E-state index in [1.807, 2.05) is 56.3 Å². The van der Waals surface area contributed by atoms with Crippen molar-refractivity contribution in [3.05, 3.63) is 83.0 Å². The Morgan fingerprint density at radius 3 is 2.54 bits per heavy atom. The predicted octanol–water partition coefficient (Wildman–Crippen LogP) is 5.20. The van der Waals surface area contributed by atoms with E-state index in [1.54, 1.807) is 18.2 Å². The van der Waals surface area contributed by atoms with E-state index in [9.17, 15) is 4.79 Å². The van der Waals surface area contributed by atoms with Crippen molar-refractivity contribution in [2.75, 3.05) is 5.32 Å². The van der Waals surface area contributed by atoms with E-state index in [2.05, 4.69) is 15.6 Å². The molecule has 1 heterocycles. The van der Waals surface area contributed by atoms with Gasteiger partial charge in [-0.15, -0.1) is 0 Å². The zero-order valence-electron chi connectivity index (χ0n) is 15.8. The van der Waals surface area contributed by atoms with Crippen LogP contribution in [0.1, 0.15) is 29.8 Å². The number of nitrogens with one attached hydrogen (secondary N) is 2. The van der Waals surface area contributed by atoms with Gasteiger partial charge in [0.1, 0.15) is 11.6 Å². The molecule has 1 amide bonds. The molecule has 0 atom stereocenters. The SMILES string of the molecule is CC(C)Oc1ccccc1Nc1ccc(C(=O)NCc2ccccc2Cl)cn1. The van der Waals surface area contributed by atoms with Crippen molar-refractivity contribution in [1.82, 2.24) is 10.3 Å². The number of benzene rings is 2. The maximum Gasteiger partial charge on any atom is 0.253 e. The molecule has 3 rings (SSSR count). The first-order valence-corrected chi connectivity index (χ1v) is 9.41. The fourth-order valence-corrected chi connectivity index (χ4v) is 2.79. The summed E-state index contributed by atoms with van der Waals surface area (Å²) < 4.78 is 5.80. The first-order valence-electron chi connectivity index (χ1n) is 9.03. The van der Waals surface area contributed by atoms with E-state index in [4.69, 9.17) is 16.3 Å². The van der Waals surface area contributed by atoms with Crippen LogP contribution in [0.15, 0.2) is 66.9 Å². The topological polar surface area (TPSA) is 63.2 Å². The van der Waals surface area contributed by atoms with Gasteiger partial charge in [-0.1, -0.05) is 41.9 Å². The van der Waals surface area contributed by atoms with Crippen LogP contribution in [0.2, 0.25) is 5.02 Å². The zero-order chi connectivity index (χ0) is 19.9. The van der Waals surface area contributed by atoms with Gasteiger partial charge in [0.25, 0.3) is 5.91 Å². The van der Waals surface area contributed by atoms with Crippen molar-refractivity contribution >= 4 is 29.0 Å². The maximum absolute atomic E-state index is 12.3. The molecule has 2 N–H and O–H groups in total. The van der Waals surface area contributed by atoms with Crippen LogP contribution in [0.3, 0.4) is 0 Å². The maximum atomic E-state index is 12.3. The van der Waals surface area contributed by atoms with Gasteiger partial charge in [0.15, 0.2) is 0 Å². The molecule has 0 aliphatic carbocycles. The molecule has 6 heteroatoms. The second-order valence-corrected chi connectivity index (χ2v) is 6.90. The highest BCUT2D eigenvalue weighted by atomic mass is 35.5. The van der Waals surface area contributed by atoms with Crippen LogP contribution < -0.4 is 15.4 Å². The van der Waals surface area contributed by atoms with Crippen LogP contribution in [-0.4, -0.2) is 17.0 Å². The van der Waals surface area contributed by atoms with E-state index in [-0.39, 0.29) is 12.0 Å². The number of anilines is 2. The number of halogens is 1. The second-order valence-electron chi connectivity index (χ2n) is 6.49. The van der Waals surface area contributed by atoms with Crippen molar-refractivity contribution in [3.63, 3.8) is 0 Å². The third-order valence-corrected chi connectivity index (χ3v) is 4.30. The van der Waals surface area contributed by atoms with Crippen LogP contribution in [0.5, 0.6) is 5.75 Å². The summed E-state index contributed by atoms with van der Waals surface area (Å²) in [5, 5.41) is 6.70. The summed E-state index contributed by atoms with van der Waals surface area (Å²) in [6.07, 6.45) is 1.61. The largest absolute Gasteiger partial charge is 0.489 e. The van der Waals surface area contributed by atoms with E-state index in [1.165, 1.54) is 6.20 Å². The molecule has 0 saturated carbocycles.